The van der Waals surface area contributed by atoms with Gasteiger partial charge in [0.25, 0.3) is 0 Å². The monoisotopic (exact) mass is 234 g/mol. The van der Waals surface area contributed by atoms with Gasteiger partial charge in [-0.3, -0.25) is 0 Å². The molecule has 0 aliphatic heterocycles. The number of hydrogen-bond donors (Lipinski definition) is 1. The van der Waals surface area contributed by atoms with Crippen molar-refractivity contribution in [2.45, 2.75) is 39.3 Å². The molecule has 0 aromatic carbocycles. The minimum Gasteiger partial charge on any atom is -0.389 e. The predicted molar refractivity (Wildman–Crippen MR) is 72.2 cm³/mol. The van der Waals surface area contributed by atoms with Crippen LogP contribution in [-0.4, -0.2) is 22.2 Å². The van der Waals surface area contributed by atoms with Gasteiger partial charge in [-0.1, -0.05) is 12.1 Å². The SMILES string of the molecule is C=CCN(c1ncccc1C(C)O)C(C)(C)C. The first-order chi connectivity index (χ1) is 7.88. The third kappa shape index (κ3) is 3.30. The summed E-state index contributed by atoms with van der Waals surface area (Å²) < 4.78 is 0. The summed E-state index contributed by atoms with van der Waals surface area (Å²) in [4.78, 5) is 6.54. The summed E-state index contributed by atoms with van der Waals surface area (Å²) >= 11 is 0. The van der Waals surface area contributed by atoms with Crippen molar-refractivity contribution in [2.24, 2.45) is 0 Å². The third-order valence-electron chi connectivity index (χ3n) is 2.64. The topological polar surface area (TPSA) is 36.4 Å². The van der Waals surface area contributed by atoms with Gasteiger partial charge in [0, 0.05) is 23.8 Å². The van der Waals surface area contributed by atoms with Crippen molar-refractivity contribution in [3.05, 3.63) is 36.5 Å². The number of aliphatic hydroxyl groups is 1. The van der Waals surface area contributed by atoms with Crippen molar-refractivity contribution in [2.75, 3.05) is 11.4 Å². The predicted octanol–water partition coefficient (Wildman–Crippen LogP) is 2.93. The molecule has 1 aromatic heterocycles. The van der Waals surface area contributed by atoms with Crippen LogP contribution >= 0.6 is 0 Å². The van der Waals surface area contributed by atoms with Gasteiger partial charge in [-0.15, -0.1) is 6.58 Å². The standard InChI is InChI=1S/C14H22N2O/c1-6-10-16(14(3,4)5)13-12(11(2)17)8-7-9-15-13/h6-9,11,17H,1,10H2,2-5H3. The fourth-order valence-electron chi connectivity index (χ4n) is 1.77. The van der Waals surface area contributed by atoms with E-state index in [0.29, 0.717) is 6.54 Å². The van der Waals surface area contributed by atoms with Gasteiger partial charge < -0.3 is 10.0 Å². The molecule has 0 amide bonds. The van der Waals surface area contributed by atoms with Crippen LogP contribution in [0.15, 0.2) is 31.0 Å². The lowest BCUT2D eigenvalue weighted by molar-refractivity contribution is 0.199. The lowest BCUT2D eigenvalue weighted by Crippen LogP contribution is -2.42. The van der Waals surface area contributed by atoms with E-state index in [1.807, 2.05) is 18.2 Å². The molecular weight excluding hydrogens is 212 g/mol. The zero-order valence-corrected chi connectivity index (χ0v) is 11.1. The Labute approximate surface area is 104 Å². The average Bonchev–Trinajstić information content (AvgIpc) is 2.24. The molecule has 0 fully saturated rings. The van der Waals surface area contributed by atoms with Gasteiger partial charge in [-0.25, -0.2) is 4.98 Å². The van der Waals surface area contributed by atoms with Gasteiger partial charge in [0.05, 0.1) is 6.10 Å². The summed E-state index contributed by atoms with van der Waals surface area (Å²) in [5.41, 5.74) is 0.788. The van der Waals surface area contributed by atoms with Gasteiger partial charge in [0.2, 0.25) is 0 Å². The Bertz CT molecular complexity index is 380. The fourth-order valence-corrected chi connectivity index (χ4v) is 1.77. The Balaban J connectivity index is 3.23. The molecule has 3 heteroatoms. The van der Waals surface area contributed by atoms with Gasteiger partial charge in [-0.2, -0.15) is 0 Å². The fraction of sp³-hybridized carbons (Fsp3) is 0.500. The molecule has 0 spiro atoms. The summed E-state index contributed by atoms with van der Waals surface area (Å²) in [6.07, 6.45) is 3.09. The van der Waals surface area contributed by atoms with Crippen molar-refractivity contribution in [3.63, 3.8) is 0 Å². The summed E-state index contributed by atoms with van der Waals surface area (Å²) in [5, 5.41) is 9.79. The minimum atomic E-state index is -0.520. The second kappa shape index (κ2) is 5.32. The Morgan fingerprint density at radius 3 is 2.65 bits per heavy atom. The minimum absolute atomic E-state index is 0.0633. The van der Waals surface area contributed by atoms with Gasteiger partial charge in [-0.05, 0) is 33.8 Å². The van der Waals surface area contributed by atoms with Crippen LogP contribution in [0, 0.1) is 0 Å². The smallest absolute Gasteiger partial charge is 0.135 e. The maximum atomic E-state index is 9.79. The maximum absolute atomic E-state index is 9.79. The molecule has 1 atom stereocenters. The molecule has 0 saturated carbocycles. The molecule has 0 aliphatic rings. The molecule has 1 rings (SSSR count). The highest BCUT2D eigenvalue weighted by Gasteiger charge is 2.24. The highest BCUT2D eigenvalue weighted by atomic mass is 16.3. The molecule has 0 aliphatic carbocycles. The highest BCUT2D eigenvalue weighted by Crippen LogP contribution is 2.28. The van der Waals surface area contributed by atoms with Gasteiger partial charge >= 0.3 is 0 Å². The van der Waals surface area contributed by atoms with E-state index in [2.05, 4.69) is 37.2 Å². The average molecular weight is 234 g/mol. The van der Waals surface area contributed by atoms with Crippen molar-refractivity contribution in [3.8, 4) is 0 Å². The van der Waals surface area contributed by atoms with Crippen molar-refractivity contribution >= 4 is 5.82 Å². The molecule has 1 N–H and O–H groups in total. The number of aromatic nitrogens is 1. The number of nitrogens with zero attached hydrogens (tertiary/aromatic N) is 2. The van der Waals surface area contributed by atoms with Gasteiger partial charge in [0.15, 0.2) is 0 Å². The van der Waals surface area contributed by atoms with Crippen LogP contribution in [0.3, 0.4) is 0 Å². The van der Waals surface area contributed by atoms with E-state index < -0.39 is 6.10 Å². The van der Waals surface area contributed by atoms with E-state index in [-0.39, 0.29) is 5.54 Å². The van der Waals surface area contributed by atoms with E-state index in [9.17, 15) is 5.11 Å². The largest absolute Gasteiger partial charge is 0.389 e. The normalized spacial score (nSPS) is 13.2. The maximum Gasteiger partial charge on any atom is 0.135 e. The van der Waals surface area contributed by atoms with Crippen LogP contribution in [-0.2, 0) is 0 Å². The summed E-state index contributed by atoms with van der Waals surface area (Å²) in [6, 6.07) is 3.76. The number of aliphatic hydroxyl groups excluding tert-OH is 1. The van der Waals surface area contributed by atoms with Gasteiger partial charge in [0.1, 0.15) is 5.82 Å². The Kier molecular flexibility index (Phi) is 4.29. The number of anilines is 1. The zero-order chi connectivity index (χ0) is 13.1. The second-order valence-electron chi connectivity index (χ2n) is 5.16. The molecule has 1 unspecified atom stereocenters. The lowest BCUT2D eigenvalue weighted by Gasteiger charge is -2.37. The number of rotatable bonds is 4. The van der Waals surface area contributed by atoms with E-state index in [0.717, 1.165) is 11.4 Å². The Morgan fingerprint density at radius 2 is 2.18 bits per heavy atom. The Morgan fingerprint density at radius 1 is 1.53 bits per heavy atom. The summed E-state index contributed by atoms with van der Waals surface area (Å²) in [5.74, 6) is 0.829. The van der Waals surface area contributed by atoms with Crippen LogP contribution in [0.1, 0.15) is 39.4 Å². The number of pyridine rings is 1. The molecule has 17 heavy (non-hydrogen) atoms. The van der Waals surface area contributed by atoms with Crippen LogP contribution in [0.5, 0.6) is 0 Å². The van der Waals surface area contributed by atoms with E-state index in [1.54, 1.807) is 13.1 Å². The van der Waals surface area contributed by atoms with Crippen molar-refractivity contribution in [1.82, 2.24) is 4.98 Å². The second-order valence-corrected chi connectivity index (χ2v) is 5.16. The summed E-state index contributed by atoms with van der Waals surface area (Å²) in [7, 11) is 0. The molecule has 0 bridgehead atoms. The van der Waals surface area contributed by atoms with E-state index >= 15 is 0 Å². The first kappa shape index (κ1) is 13.7. The molecule has 94 valence electrons. The van der Waals surface area contributed by atoms with Crippen molar-refractivity contribution < 1.29 is 5.11 Å². The molecule has 1 aromatic rings. The lowest BCUT2D eigenvalue weighted by atomic mass is 10.0. The molecule has 1 heterocycles. The van der Waals surface area contributed by atoms with E-state index in [1.165, 1.54) is 0 Å². The van der Waals surface area contributed by atoms with Crippen molar-refractivity contribution in [1.29, 1.82) is 0 Å². The first-order valence-electron chi connectivity index (χ1n) is 5.89. The molecule has 0 saturated heterocycles. The summed E-state index contributed by atoms with van der Waals surface area (Å²) in [6.45, 7) is 12.6. The molecule has 0 radical (unpaired) electrons. The Hall–Kier alpha value is -1.35. The number of hydrogen-bond acceptors (Lipinski definition) is 3. The third-order valence-corrected chi connectivity index (χ3v) is 2.64. The first-order valence-corrected chi connectivity index (χ1v) is 5.89. The van der Waals surface area contributed by atoms with Crippen LogP contribution in [0.4, 0.5) is 5.82 Å². The van der Waals surface area contributed by atoms with Crippen LogP contribution in [0.25, 0.3) is 0 Å². The van der Waals surface area contributed by atoms with Crippen LogP contribution in [0.2, 0.25) is 0 Å². The molecule has 3 nitrogen and oxygen atoms in total. The van der Waals surface area contributed by atoms with E-state index in [4.69, 9.17) is 0 Å². The van der Waals surface area contributed by atoms with Crippen LogP contribution < -0.4 is 4.90 Å². The zero-order valence-electron chi connectivity index (χ0n) is 11.1. The molecular formula is C14H22N2O. The quantitative estimate of drug-likeness (QED) is 0.814. The highest BCUT2D eigenvalue weighted by molar-refractivity contribution is 5.50.